The van der Waals surface area contributed by atoms with Gasteiger partial charge in [0.2, 0.25) is 0 Å². The number of hydrogen-bond acceptors (Lipinski definition) is 3. The fraction of sp³-hybridized carbons (Fsp3) is 0.571. The van der Waals surface area contributed by atoms with Crippen LogP contribution >= 0.6 is 0 Å². The molecule has 0 radical (unpaired) electrons. The number of ether oxygens (including phenoxy) is 1. The Kier molecular flexibility index (Phi) is 3.69. The van der Waals surface area contributed by atoms with Gasteiger partial charge in [0.1, 0.15) is 11.9 Å². The molecule has 1 N–H and O–H groups in total. The third-order valence-electron chi connectivity index (χ3n) is 3.50. The SMILES string of the molecule is CCCC1Oc2c(ccc(C)c2C)C1NOC. The molecular weight excluding hydrogens is 214 g/mol. The molecular formula is C14H21NO2. The molecule has 0 saturated carbocycles. The van der Waals surface area contributed by atoms with E-state index < -0.39 is 0 Å². The zero-order valence-corrected chi connectivity index (χ0v) is 11.0. The molecule has 2 atom stereocenters. The van der Waals surface area contributed by atoms with Gasteiger partial charge in [0.25, 0.3) is 0 Å². The van der Waals surface area contributed by atoms with Crippen LogP contribution in [0.4, 0.5) is 0 Å². The predicted molar refractivity (Wildman–Crippen MR) is 68.1 cm³/mol. The van der Waals surface area contributed by atoms with E-state index in [1.54, 1.807) is 7.11 Å². The van der Waals surface area contributed by atoms with Crippen molar-refractivity contribution in [3.63, 3.8) is 0 Å². The van der Waals surface area contributed by atoms with E-state index in [9.17, 15) is 0 Å². The summed E-state index contributed by atoms with van der Waals surface area (Å²) in [5.41, 5.74) is 6.79. The molecule has 0 amide bonds. The molecule has 1 aliphatic rings. The predicted octanol–water partition coefficient (Wildman–Crippen LogP) is 3.06. The summed E-state index contributed by atoms with van der Waals surface area (Å²) in [4.78, 5) is 5.10. The van der Waals surface area contributed by atoms with Crippen molar-refractivity contribution in [3.8, 4) is 5.75 Å². The van der Waals surface area contributed by atoms with Gasteiger partial charge in [-0.2, -0.15) is 5.48 Å². The summed E-state index contributed by atoms with van der Waals surface area (Å²) < 4.78 is 6.08. The van der Waals surface area contributed by atoms with Crippen LogP contribution in [0.3, 0.4) is 0 Å². The average Bonchev–Trinajstić information content (AvgIpc) is 2.65. The molecule has 1 heterocycles. The number of hydrogen-bond donors (Lipinski definition) is 1. The zero-order valence-electron chi connectivity index (χ0n) is 11.0. The van der Waals surface area contributed by atoms with Gasteiger partial charge in [-0.15, -0.1) is 0 Å². The number of fused-ring (bicyclic) bond motifs is 1. The first-order valence-corrected chi connectivity index (χ1v) is 6.24. The third-order valence-corrected chi connectivity index (χ3v) is 3.50. The molecule has 17 heavy (non-hydrogen) atoms. The number of benzene rings is 1. The molecule has 1 aromatic carbocycles. The van der Waals surface area contributed by atoms with Crippen LogP contribution in [0.25, 0.3) is 0 Å². The van der Waals surface area contributed by atoms with Gasteiger partial charge >= 0.3 is 0 Å². The second-order valence-corrected chi connectivity index (χ2v) is 4.67. The van der Waals surface area contributed by atoms with Crippen LogP contribution in [0.5, 0.6) is 5.75 Å². The van der Waals surface area contributed by atoms with Crippen molar-refractivity contribution in [2.24, 2.45) is 0 Å². The molecule has 0 spiro atoms. The van der Waals surface area contributed by atoms with Gasteiger partial charge < -0.3 is 9.57 Å². The monoisotopic (exact) mass is 235 g/mol. The van der Waals surface area contributed by atoms with Crippen molar-refractivity contribution in [2.75, 3.05) is 7.11 Å². The van der Waals surface area contributed by atoms with Crippen LogP contribution in [-0.4, -0.2) is 13.2 Å². The molecule has 0 bridgehead atoms. The second-order valence-electron chi connectivity index (χ2n) is 4.67. The fourth-order valence-corrected chi connectivity index (χ4v) is 2.41. The summed E-state index contributed by atoms with van der Waals surface area (Å²) in [6, 6.07) is 4.44. The Morgan fingerprint density at radius 1 is 1.35 bits per heavy atom. The number of nitrogens with one attached hydrogen (secondary N) is 1. The van der Waals surface area contributed by atoms with Crippen LogP contribution in [0.15, 0.2) is 12.1 Å². The average molecular weight is 235 g/mol. The molecule has 2 rings (SSSR count). The Labute approximate surface area is 103 Å². The van der Waals surface area contributed by atoms with E-state index in [4.69, 9.17) is 9.57 Å². The first-order chi connectivity index (χ1) is 8.19. The topological polar surface area (TPSA) is 30.5 Å². The van der Waals surface area contributed by atoms with Crippen LogP contribution in [-0.2, 0) is 4.84 Å². The summed E-state index contributed by atoms with van der Waals surface area (Å²) in [6.07, 6.45) is 2.32. The van der Waals surface area contributed by atoms with Gasteiger partial charge in [0, 0.05) is 5.56 Å². The highest BCUT2D eigenvalue weighted by atomic mass is 16.6. The van der Waals surface area contributed by atoms with E-state index in [1.165, 1.54) is 16.7 Å². The summed E-state index contributed by atoms with van der Waals surface area (Å²) in [5, 5.41) is 0. The van der Waals surface area contributed by atoms with Crippen LogP contribution in [0, 0.1) is 13.8 Å². The Hall–Kier alpha value is -1.06. The summed E-state index contributed by atoms with van der Waals surface area (Å²) in [5.74, 6) is 1.04. The smallest absolute Gasteiger partial charge is 0.128 e. The molecule has 2 unspecified atom stereocenters. The van der Waals surface area contributed by atoms with E-state index in [-0.39, 0.29) is 12.1 Å². The van der Waals surface area contributed by atoms with E-state index in [2.05, 4.69) is 38.4 Å². The quantitative estimate of drug-likeness (QED) is 0.814. The van der Waals surface area contributed by atoms with E-state index >= 15 is 0 Å². The van der Waals surface area contributed by atoms with Crippen molar-refractivity contribution in [1.29, 1.82) is 0 Å². The number of rotatable bonds is 4. The number of hydroxylamine groups is 1. The van der Waals surface area contributed by atoms with E-state index in [0.29, 0.717) is 0 Å². The molecule has 94 valence electrons. The summed E-state index contributed by atoms with van der Waals surface area (Å²) in [7, 11) is 1.65. The molecule has 1 aliphatic heterocycles. The normalized spacial score (nSPS) is 22.4. The zero-order chi connectivity index (χ0) is 12.4. The maximum atomic E-state index is 6.08. The van der Waals surface area contributed by atoms with Crippen molar-refractivity contribution in [3.05, 3.63) is 28.8 Å². The third kappa shape index (κ3) is 2.17. The summed E-state index contributed by atoms with van der Waals surface area (Å²) >= 11 is 0. The van der Waals surface area contributed by atoms with Gasteiger partial charge in [-0.1, -0.05) is 25.5 Å². The molecule has 3 nitrogen and oxygen atoms in total. The van der Waals surface area contributed by atoms with Crippen molar-refractivity contribution < 1.29 is 9.57 Å². The van der Waals surface area contributed by atoms with Gasteiger partial charge in [-0.05, 0) is 31.4 Å². The highest BCUT2D eigenvalue weighted by molar-refractivity contribution is 5.49. The lowest BCUT2D eigenvalue weighted by Crippen LogP contribution is -2.30. The van der Waals surface area contributed by atoms with Crippen molar-refractivity contribution in [1.82, 2.24) is 5.48 Å². The minimum absolute atomic E-state index is 0.147. The maximum Gasteiger partial charge on any atom is 0.128 e. The van der Waals surface area contributed by atoms with E-state index in [1.807, 2.05) is 0 Å². The largest absolute Gasteiger partial charge is 0.488 e. The van der Waals surface area contributed by atoms with Crippen molar-refractivity contribution in [2.45, 2.75) is 45.8 Å². The van der Waals surface area contributed by atoms with Gasteiger partial charge in [-0.25, -0.2) is 0 Å². The minimum atomic E-state index is 0.147. The van der Waals surface area contributed by atoms with Crippen molar-refractivity contribution >= 4 is 0 Å². The Balaban J connectivity index is 2.35. The first-order valence-electron chi connectivity index (χ1n) is 6.24. The Bertz CT molecular complexity index is 403. The molecule has 0 saturated heterocycles. The molecule has 0 aliphatic carbocycles. The second kappa shape index (κ2) is 5.07. The van der Waals surface area contributed by atoms with Gasteiger partial charge in [0.15, 0.2) is 0 Å². The summed E-state index contributed by atoms with van der Waals surface area (Å²) in [6.45, 7) is 6.41. The minimum Gasteiger partial charge on any atom is -0.488 e. The van der Waals surface area contributed by atoms with Gasteiger partial charge in [0.05, 0.1) is 13.2 Å². The van der Waals surface area contributed by atoms with Crippen LogP contribution in [0.1, 0.15) is 42.5 Å². The lowest BCUT2D eigenvalue weighted by Gasteiger charge is -2.18. The van der Waals surface area contributed by atoms with E-state index in [0.717, 1.165) is 18.6 Å². The Morgan fingerprint density at radius 3 is 2.76 bits per heavy atom. The molecule has 1 aromatic rings. The maximum absolute atomic E-state index is 6.08. The lowest BCUT2D eigenvalue weighted by atomic mass is 9.98. The molecule has 0 aromatic heterocycles. The lowest BCUT2D eigenvalue weighted by molar-refractivity contribution is 0.0268. The van der Waals surface area contributed by atoms with Crippen LogP contribution < -0.4 is 10.2 Å². The molecule has 0 fully saturated rings. The Morgan fingerprint density at radius 2 is 2.12 bits per heavy atom. The fourth-order valence-electron chi connectivity index (χ4n) is 2.41. The molecule has 3 heteroatoms. The standard InChI is InChI=1S/C14H21NO2/c1-5-6-12-13(15-16-4)11-8-7-9(2)10(3)14(11)17-12/h7-8,12-13,15H,5-6H2,1-4H3. The highest BCUT2D eigenvalue weighted by Crippen LogP contribution is 2.41. The number of aryl methyl sites for hydroxylation is 1. The highest BCUT2D eigenvalue weighted by Gasteiger charge is 2.34. The van der Waals surface area contributed by atoms with Gasteiger partial charge in [-0.3, -0.25) is 0 Å². The van der Waals surface area contributed by atoms with Crippen LogP contribution in [0.2, 0.25) is 0 Å². The first kappa shape index (κ1) is 12.4.